The largest absolute Gasteiger partial charge is 0.494 e. The molecule has 0 aliphatic carbocycles. The summed E-state index contributed by atoms with van der Waals surface area (Å²) < 4.78 is 7.47. The van der Waals surface area contributed by atoms with Crippen LogP contribution in [0.15, 0.2) is 53.5 Å². The van der Waals surface area contributed by atoms with E-state index in [9.17, 15) is 10.1 Å². The average Bonchev–Trinajstić information content (AvgIpc) is 2.98. The molecular weight excluding hydrogens is 378 g/mol. The fraction of sp³-hybridized carbons (Fsp3) is 0.292. The molecule has 3 aromatic rings. The first-order valence-electron chi connectivity index (χ1n) is 9.78. The van der Waals surface area contributed by atoms with Crippen molar-refractivity contribution < 1.29 is 9.66 Å². The maximum absolute atomic E-state index is 11.1. The number of ether oxygens (including phenoxy) is 1. The second-order valence-electron chi connectivity index (χ2n) is 8.33. The third-order valence-corrected chi connectivity index (χ3v) is 5.18. The number of nitro benzene ring substituents is 1. The molecule has 1 aromatic heterocycles. The molecule has 0 spiro atoms. The number of aromatic nitrogens is 1. The molecule has 0 unspecified atom stereocenters. The predicted octanol–water partition coefficient (Wildman–Crippen LogP) is 6.06. The van der Waals surface area contributed by atoms with Crippen LogP contribution in [0.3, 0.4) is 0 Å². The van der Waals surface area contributed by atoms with Crippen LogP contribution < -0.4 is 4.74 Å². The number of hydrogen-bond acceptors (Lipinski definition) is 4. The minimum absolute atomic E-state index is 0.0210. The third-order valence-electron chi connectivity index (χ3n) is 5.18. The van der Waals surface area contributed by atoms with Crippen LogP contribution in [-0.4, -0.2) is 22.8 Å². The van der Waals surface area contributed by atoms with Gasteiger partial charge in [-0.3, -0.25) is 15.1 Å². The molecular formula is C24H27N3O3. The van der Waals surface area contributed by atoms with E-state index >= 15 is 0 Å². The first-order valence-corrected chi connectivity index (χ1v) is 9.78. The molecule has 30 heavy (non-hydrogen) atoms. The first-order chi connectivity index (χ1) is 14.1. The number of rotatable bonds is 5. The standard InChI is InChI=1S/C24H27N3O3/c1-16-13-18(15-25-22-14-21(27(28)29)11-12-23(22)30-6)17(2)26(16)20-9-7-19(8-10-20)24(3,4)5/h7-15H,1-6H3. The monoisotopic (exact) mass is 405 g/mol. The van der Waals surface area contributed by atoms with Crippen molar-refractivity contribution in [3.63, 3.8) is 0 Å². The summed E-state index contributed by atoms with van der Waals surface area (Å²) in [4.78, 5) is 15.1. The number of aryl methyl sites for hydroxylation is 1. The second-order valence-corrected chi connectivity index (χ2v) is 8.33. The summed E-state index contributed by atoms with van der Waals surface area (Å²) >= 11 is 0. The van der Waals surface area contributed by atoms with E-state index in [1.807, 2.05) is 6.92 Å². The predicted molar refractivity (Wildman–Crippen MR) is 121 cm³/mol. The van der Waals surface area contributed by atoms with Crippen LogP contribution in [0, 0.1) is 24.0 Å². The van der Waals surface area contributed by atoms with E-state index in [-0.39, 0.29) is 11.1 Å². The molecule has 1 heterocycles. The summed E-state index contributed by atoms with van der Waals surface area (Å²) in [6.07, 6.45) is 1.73. The Hall–Kier alpha value is -3.41. The number of hydrogen-bond donors (Lipinski definition) is 0. The van der Waals surface area contributed by atoms with Crippen LogP contribution in [0.5, 0.6) is 5.75 Å². The summed E-state index contributed by atoms with van der Waals surface area (Å²) in [6, 6.07) is 15.0. The molecule has 0 atom stereocenters. The number of nitrogens with zero attached hydrogens (tertiary/aromatic N) is 3. The highest BCUT2D eigenvalue weighted by Gasteiger charge is 2.15. The molecule has 3 rings (SSSR count). The fourth-order valence-electron chi connectivity index (χ4n) is 3.46. The summed E-state index contributed by atoms with van der Waals surface area (Å²) in [5, 5.41) is 11.1. The Morgan fingerprint density at radius 2 is 1.73 bits per heavy atom. The lowest BCUT2D eigenvalue weighted by atomic mass is 9.87. The van der Waals surface area contributed by atoms with Gasteiger partial charge in [-0.1, -0.05) is 32.9 Å². The van der Waals surface area contributed by atoms with E-state index in [1.54, 1.807) is 12.3 Å². The molecule has 0 bridgehead atoms. The molecule has 0 N–H and O–H groups in total. The Labute approximate surface area is 177 Å². The third kappa shape index (κ3) is 4.27. The minimum atomic E-state index is -0.439. The number of aliphatic imine (C=N–C) groups is 1. The van der Waals surface area contributed by atoms with Gasteiger partial charge >= 0.3 is 0 Å². The van der Waals surface area contributed by atoms with Crippen molar-refractivity contribution >= 4 is 17.6 Å². The lowest BCUT2D eigenvalue weighted by Crippen LogP contribution is -2.11. The van der Waals surface area contributed by atoms with Crippen molar-refractivity contribution in [3.8, 4) is 11.4 Å². The van der Waals surface area contributed by atoms with Gasteiger partial charge in [-0.15, -0.1) is 0 Å². The number of non-ortho nitro benzene ring substituents is 1. The van der Waals surface area contributed by atoms with Gasteiger partial charge in [-0.05, 0) is 49.1 Å². The molecule has 0 aliphatic heterocycles. The van der Waals surface area contributed by atoms with Crippen LogP contribution in [0.1, 0.15) is 43.3 Å². The van der Waals surface area contributed by atoms with Gasteiger partial charge < -0.3 is 9.30 Å². The summed E-state index contributed by atoms with van der Waals surface area (Å²) in [6.45, 7) is 10.7. The highest BCUT2D eigenvalue weighted by Crippen LogP contribution is 2.32. The van der Waals surface area contributed by atoms with Crippen molar-refractivity contribution in [2.75, 3.05) is 7.11 Å². The number of nitro groups is 1. The highest BCUT2D eigenvalue weighted by molar-refractivity contribution is 5.85. The summed E-state index contributed by atoms with van der Waals surface area (Å²) in [5.41, 5.74) is 5.96. The lowest BCUT2D eigenvalue weighted by Gasteiger charge is -2.20. The van der Waals surface area contributed by atoms with E-state index in [0.29, 0.717) is 11.4 Å². The normalized spacial score (nSPS) is 11.8. The molecule has 6 nitrogen and oxygen atoms in total. The van der Waals surface area contributed by atoms with Gasteiger partial charge in [0.05, 0.1) is 12.0 Å². The van der Waals surface area contributed by atoms with E-state index < -0.39 is 4.92 Å². The van der Waals surface area contributed by atoms with Crippen molar-refractivity contribution in [2.24, 2.45) is 4.99 Å². The molecule has 0 amide bonds. The van der Waals surface area contributed by atoms with Crippen LogP contribution in [0.4, 0.5) is 11.4 Å². The smallest absolute Gasteiger partial charge is 0.271 e. The van der Waals surface area contributed by atoms with Gasteiger partial charge in [-0.25, -0.2) is 0 Å². The molecule has 0 aliphatic rings. The maximum Gasteiger partial charge on any atom is 0.271 e. The van der Waals surface area contributed by atoms with Crippen LogP contribution >= 0.6 is 0 Å². The van der Waals surface area contributed by atoms with Crippen molar-refractivity contribution in [1.29, 1.82) is 0 Å². The number of methoxy groups -OCH3 is 1. The lowest BCUT2D eigenvalue weighted by molar-refractivity contribution is -0.384. The Bertz CT molecular complexity index is 1100. The quantitative estimate of drug-likeness (QED) is 0.294. The molecule has 0 saturated heterocycles. The Morgan fingerprint density at radius 1 is 1.07 bits per heavy atom. The molecule has 0 saturated carbocycles. The van der Waals surface area contributed by atoms with E-state index in [2.05, 4.69) is 67.6 Å². The van der Waals surface area contributed by atoms with Gasteiger partial charge in [0.1, 0.15) is 11.4 Å². The summed E-state index contributed by atoms with van der Waals surface area (Å²) in [5.74, 6) is 0.489. The van der Waals surface area contributed by atoms with E-state index in [0.717, 1.165) is 22.6 Å². The van der Waals surface area contributed by atoms with E-state index in [4.69, 9.17) is 4.74 Å². The number of benzene rings is 2. The fourth-order valence-corrected chi connectivity index (χ4v) is 3.46. The Balaban J connectivity index is 1.97. The zero-order valence-electron chi connectivity index (χ0n) is 18.3. The van der Waals surface area contributed by atoms with Crippen molar-refractivity contribution in [2.45, 2.75) is 40.0 Å². The molecule has 6 heteroatoms. The minimum Gasteiger partial charge on any atom is -0.494 e. The average molecular weight is 405 g/mol. The first kappa shape index (κ1) is 21.3. The maximum atomic E-state index is 11.1. The molecule has 0 radical (unpaired) electrons. The van der Waals surface area contributed by atoms with Crippen molar-refractivity contribution in [3.05, 3.63) is 81.2 Å². The SMILES string of the molecule is COc1ccc([N+](=O)[O-])cc1N=Cc1cc(C)n(-c2ccc(C(C)(C)C)cc2)c1C. The van der Waals surface area contributed by atoms with Gasteiger partial charge in [0.25, 0.3) is 5.69 Å². The Kier molecular flexibility index (Phi) is 5.78. The second kappa shape index (κ2) is 8.14. The molecule has 0 fully saturated rings. The molecule has 156 valence electrons. The Morgan fingerprint density at radius 3 is 2.30 bits per heavy atom. The van der Waals surface area contributed by atoms with Gasteiger partial charge in [0.15, 0.2) is 0 Å². The van der Waals surface area contributed by atoms with Crippen molar-refractivity contribution in [1.82, 2.24) is 4.57 Å². The van der Waals surface area contributed by atoms with Gasteiger partial charge in [0.2, 0.25) is 0 Å². The molecule has 2 aromatic carbocycles. The van der Waals surface area contributed by atoms with Crippen LogP contribution in [0.2, 0.25) is 0 Å². The summed E-state index contributed by atoms with van der Waals surface area (Å²) in [7, 11) is 1.52. The van der Waals surface area contributed by atoms with Gasteiger partial charge in [0, 0.05) is 41.0 Å². The van der Waals surface area contributed by atoms with Crippen LogP contribution in [0.25, 0.3) is 5.69 Å². The topological polar surface area (TPSA) is 69.7 Å². The zero-order chi connectivity index (χ0) is 22.1. The highest BCUT2D eigenvalue weighted by atomic mass is 16.6. The zero-order valence-corrected chi connectivity index (χ0v) is 18.3. The van der Waals surface area contributed by atoms with E-state index in [1.165, 1.54) is 24.8 Å². The van der Waals surface area contributed by atoms with Gasteiger partial charge in [-0.2, -0.15) is 0 Å². The van der Waals surface area contributed by atoms with Crippen LogP contribution in [-0.2, 0) is 5.41 Å².